The Morgan fingerprint density at radius 3 is 0.750 bits per heavy atom. The van der Waals surface area contributed by atoms with Crippen LogP contribution in [0.25, 0.3) is 0 Å². The summed E-state index contributed by atoms with van der Waals surface area (Å²) in [6, 6.07) is 1.01. The van der Waals surface area contributed by atoms with Crippen LogP contribution in [0.4, 0.5) is 0 Å². The van der Waals surface area contributed by atoms with Gasteiger partial charge >= 0.3 is 0 Å². The van der Waals surface area contributed by atoms with Gasteiger partial charge in [0.05, 0.1) is 12.2 Å². The van der Waals surface area contributed by atoms with E-state index in [2.05, 4.69) is 55.4 Å². The van der Waals surface area contributed by atoms with Crippen LogP contribution in [0.5, 0.6) is 0 Å². The number of hydrogen-bond acceptors (Lipinski definition) is 8. The average Bonchev–Trinajstić information content (AvgIpc) is 1.82. The molecule has 0 spiro atoms. The van der Waals surface area contributed by atoms with E-state index in [0.717, 1.165) is 120 Å². The second kappa shape index (κ2) is 22.8. The first-order valence-electron chi connectivity index (χ1n) is 37.7. The van der Waals surface area contributed by atoms with Crippen LogP contribution in [0.1, 0.15) is 287 Å². The van der Waals surface area contributed by atoms with Gasteiger partial charge in [-0.15, -0.1) is 0 Å². The summed E-state index contributed by atoms with van der Waals surface area (Å²) in [5.41, 5.74) is 42.4. The number of fused-ring (bicyclic) bond motifs is 20. The maximum absolute atomic E-state index is 10.2. The lowest BCUT2D eigenvalue weighted by atomic mass is 9.44. The summed E-state index contributed by atoms with van der Waals surface area (Å²) in [6.07, 6.45) is 49.0. The lowest BCUT2D eigenvalue weighted by Crippen LogP contribution is -2.59. The van der Waals surface area contributed by atoms with E-state index in [1.807, 2.05) is 0 Å². The van der Waals surface area contributed by atoms with Crippen molar-refractivity contribution in [3.63, 3.8) is 0 Å². The number of rotatable bonds is 0. The highest BCUT2D eigenvalue weighted by molar-refractivity contribution is 5.14. The van der Waals surface area contributed by atoms with Crippen molar-refractivity contribution in [2.75, 3.05) is 0 Å². The fourth-order valence-electron chi connectivity index (χ4n) is 29.5. The van der Waals surface area contributed by atoms with E-state index >= 15 is 0 Å². The molecule has 0 bridgehead atoms. The van der Waals surface area contributed by atoms with Crippen LogP contribution in [0.2, 0.25) is 0 Å². The van der Waals surface area contributed by atoms with Crippen LogP contribution in [0, 0.1) is 138 Å². The largest absolute Gasteiger partial charge is 0.392 e. The van der Waals surface area contributed by atoms with Crippen LogP contribution >= 0.6 is 0 Å². The summed E-state index contributed by atoms with van der Waals surface area (Å²) in [5.74, 6) is 14.7. The summed E-state index contributed by atoms with van der Waals surface area (Å²) < 4.78 is 0. The SMILES string of the molecule is C[C@@]12CCC[C@H]1[C@@H]1CC[C@H]3C[C@@H](N)[C@H](N)C[C@]3(C)[C@H]1CC2.C[C@@]12CCC[C@H]1[C@@H]1CC[C@H]3C[C@@H](O)[C@H](N)C[C@]3(C)[C@H]1CC2.C[C@@]12CCC[C@H]1[C@@H]1CC[C@H]3C[C@H](N)[C@H](N)C[C@]3(C)[C@H]1CC2.C[C@@]12CCC[C@H]1[C@@H]1CC[C@H]3C[C@H](O)[C@H](N)C[C@]3(C)[C@H]1CC2. The van der Waals surface area contributed by atoms with Gasteiger partial charge in [0.25, 0.3) is 0 Å². The molecule has 0 saturated heterocycles. The van der Waals surface area contributed by atoms with E-state index in [-0.39, 0.29) is 48.5 Å². The van der Waals surface area contributed by atoms with E-state index in [9.17, 15) is 10.2 Å². The van der Waals surface area contributed by atoms with Crippen molar-refractivity contribution in [2.24, 2.45) is 172 Å². The maximum atomic E-state index is 10.2. The minimum absolute atomic E-state index is 0.0156. The molecule has 0 aromatic carbocycles. The molecule has 16 aliphatic rings. The van der Waals surface area contributed by atoms with Crippen molar-refractivity contribution in [1.29, 1.82) is 0 Å². The van der Waals surface area contributed by atoms with Gasteiger partial charge in [-0.2, -0.15) is 0 Å². The highest BCUT2D eigenvalue weighted by Gasteiger charge is 2.63. The number of aliphatic hydroxyl groups is 2. The van der Waals surface area contributed by atoms with Gasteiger partial charge in [-0.1, -0.05) is 81.1 Å². The first kappa shape index (κ1) is 62.5. The minimum atomic E-state index is -0.250. The van der Waals surface area contributed by atoms with Crippen molar-refractivity contribution in [1.82, 2.24) is 0 Å². The van der Waals surface area contributed by atoms with Crippen molar-refractivity contribution in [2.45, 2.75) is 335 Å². The van der Waals surface area contributed by atoms with Gasteiger partial charge < -0.3 is 44.6 Å². The van der Waals surface area contributed by atoms with Gasteiger partial charge in [0.15, 0.2) is 0 Å². The molecule has 480 valence electrons. The van der Waals surface area contributed by atoms with E-state index in [1.165, 1.54) is 205 Å². The number of aliphatic hydroxyl groups excluding tert-OH is 2. The fourth-order valence-corrected chi connectivity index (χ4v) is 29.5. The number of nitrogens with two attached hydrogens (primary N) is 6. The molecule has 84 heavy (non-hydrogen) atoms. The van der Waals surface area contributed by atoms with Gasteiger partial charge in [0.2, 0.25) is 0 Å². The summed E-state index contributed by atoms with van der Waals surface area (Å²) >= 11 is 0. The zero-order valence-electron chi connectivity index (χ0n) is 55.7. The van der Waals surface area contributed by atoms with Crippen LogP contribution in [-0.4, -0.2) is 58.7 Å². The summed E-state index contributed by atoms with van der Waals surface area (Å²) in [6.45, 7) is 20.6. The fraction of sp³-hybridized carbons (Fsp3) is 1.00. The van der Waals surface area contributed by atoms with Gasteiger partial charge in [-0.05, 0) is 343 Å². The molecule has 32 atom stereocenters. The first-order valence-corrected chi connectivity index (χ1v) is 37.7. The van der Waals surface area contributed by atoms with Crippen LogP contribution in [-0.2, 0) is 0 Å². The van der Waals surface area contributed by atoms with E-state index in [0.29, 0.717) is 43.3 Å². The lowest BCUT2D eigenvalue weighted by molar-refractivity contribution is -0.126. The number of hydrogen-bond donors (Lipinski definition) is 8. The van der Waals surface area contributed by atoms with Crippen LogP contribution in [0.3, 0.4) is 0 Å². The molecule has 0 unspecified atom stereocenters. The van der Waals surface area contributed by atoms with Gasteiger partial charge in [0.1, 0.15) is 0 Å². The molecule has 0 amide bonds. The first-order chi connectivity index (χ1) is 39.8. The highest BCUT2D eigenvalue weighted by atomic mass is 16.3. The van der Waals surface area contributed by atoms with E-state index in [4.69, 9.17) is 34.4 Å². The molecule has 0 aromatic heterocycles. The van der Waals surface area contributed by atoms with Crippen LogP contribution < -0.4 is 34.4 Å². The standard InChI is InChI=1S/2C19H34N2.2C19H33NO/c2*1-18-8-3-4-14(18)13-6-5-12-10-16(20)17(21)11-19(12,2)15(13)7-9-18;2*1-18-8-3-4-14(18)13-6-5-12-10-17(21)16(20)11-19(12,2)15(13)7-9-18/h2*12-17H,3-11,20-21H2,1-2H3;2*12-17,21H,3-11,20H2,1-2H3/t12-,13-,14-,15-,16+,17+,18-,19-;12-,13-,14-,15-,16-,17+,18-,19-;12-,13-,14-,15-,16+,17+,18-,19-;12-,13-,14-,15-,16+,17-,18-,19-/m0000/s1. The predicted molar refractivity (Wildman–Crippen MR) is 347 cm³/mol. The van der Waals surface area contributed by atoms with Gasteiger partial charge in [-0.3, -0.25) is 0 Å². The molecule has 16 fully saturated rings. The summed E-state index contributed by atoms with van der Waals surface area (Å²) in [4.78, 5) is 0. The summed E-state index contributed by atoms with van der Waals surface area (Å²) in [7, 11) is 0. The molecule has 16 rings (SSSR count). The maximum Gasteiger partial charge on any atom is 0.0694 e. The van der Waals surface area contributed by atoms with Gasteiger partial charge in [0, 0.05) is 36.3 Å². The Balaban J connectivity index is 0.000000104. The third-order valence-electron chi connectivity index (χ3n) is 34.3. The molecule has 0 aliphatic heterocycles. The highest BCUT2D eigenvalue weighted by Crippen LogP contribution is 2.71. The normalized spacial score (nSPS) is 60.0. The van der Waals surface area contributed by atoms with Crippen molar-refractivity contribution in [3.8, 4) is 0 Å². The van der Waals surface area contributed by atoms with Crippen molar-refractivity contribution >= 4 is 0 Å². The lowest BCUT2D eigenvalue weighted by Gasteiger charge is -2.61. The van der Waals surface area contributed by atoms with Crippen LogP contribution in [0.15, 0.2) is 0 Å². The molecular weight excluding hydrogens is 1030 g/mol. The Labute approximate surface area is 515 Å². The molecule has 16 saturated carbocycles. The second-order valence-corrected chi connectivity index (χ2v) is 37.8. The molecule has 8 heteroatoms. The third-order valence-corrected chi connectivity index (χ3v) is 34.3. The molecule has 0 heterocycles. The Hall–Kier alpha value is -0.320. The Bertz CT molecular complexity index is 2010. The van der Waals surface area contributed by atoms with Crippen molar-refractivity contribution < 1.29 is 10.2 Å². The predicted octanol–water partition coefficient (Wildman–Crippen LogP) is 14.8. The second-order valence-electron chi connectivity index (χ2n) is 37.8. The average molecular weight is 1160 g/mol. The van der Waals surface area contributed by atoms with E-state index in [1.54, 1.807) is 0 Å². The minimum Gasteiger partial charge on any atom is -0.392 e. The zero-order valence-corrected chi connectivity index (χ0v) is 55.7. The third kappa shape index (κ3) is 10.3. The zero-order chi connectivity index (χ0) is 59.3. The molecule has 14 N–H and O–H groups in total. The van der Waals surface area contributed by atoms with E-state index < -0.39 is 0 Å². The Kier molecular flexibility index (Phi) is 16.9. The quantitative estimate of drug-likeness (QED) is 0.117. The molecule has 8 nitrogen and oxygen atoms in total. The molecular formula is C76H134N6O2. The van der Waals surface area contributed by atoms with Crippen molar-refractivity contribution in [3.05, 3.63) is 0 Å². The topological polar surface area (TPSA) is 197 Å². The summed E-state index contributed by atoms with van der Waals surface area (Å²) in [5, 5.41) is 20.4. The smallest absolute Gasteiger partial charge is 0.0694 e. The Morgan fingerprint density at radius 1 is 0.250 bits per heavy atom. The van der Waals surface area contributed by atoms with Gasteiger partial charge in [-0.25, -0.2) is 0 Å². The molecule has 0 aromatic rings. The monoisotopic (exact) mass is 1160 g/mol. The molecule has 0 radical (unpaired) electrons. The molecule has 16 aliphatic carbocycles. The Morgan fingerprint density at radius 2 is 0.488 bits per heavy atom.